The Hall–Kier alpha value is -3.98. The highest BCUT2D eigenvalue weighted by molar-refractivity contribution is 6.06. The lowest BCUT2D eigenvalue weighted by Gasteiger charge is -2.27. The number of nitrogens with zero attached hydrogens (tertiary/aromatic N) is 2. The number of hydrogen-bond acceptors (Lipinski definition) is 7. The maximum atomic E-state index is 13.5. The largest absolute Gasteiger partial charge is 0.382 e. The Kier molecular flexibility index (Phi) is 8.07. The third kappa shape index (κ3) is 6.04. The smallest absolute Gasteiger partial charge is 0.253 e. The monoisotopic (exact) mass is 528 g/mol. The van der Waals surface area contributed by atoms with E-state index in [1.807, 2.05) is 50.4 Å². The van der Waals surface area contributed by atoms with Crippen LogP contribution in [0.1, 0.15) is 58.4 Å². The van der Waals surface area contributed by atoms with Crippen LogP contribution in [0.15, 0.2) is 41.3 Å². The van der Waals surface area contributed by atoms with Crippen LogP contribution in [0.25, 0.3) is 11.1 Å². The Balaban J connectivity index is 1.47. The minimum Gasteiger partial charge on any atom is -0.382 e. The molecule has 0 spiro atoms. The maximum Gasteiger partial charge on any atom is 0.253 e. The average Bonchev–Trinajstić information content (AvgIpc) is 3.45. The van der Waals surface area contributed by atoms with Gasteiger partial charge in [-0.2, -0.15) is 0 Å². The van der Waals surface area contributed by atoms with Crippen molar-refractivity contribution < 1.29 is 9.53 Å². The van der Waals surface area contributed by atoms with Gasteiger partial charge in [0, 0.05) is 66.2 Å². The molecule has 1 aromatic carbocycles. The number of morpholine rings is 1. The second-order valence-electron chi connectivity index (χ2n) is 10.4. The summed E-state index contributed by atoms with van der Waals surface area (Å²) in [6.07, 6.45) is 7.53. The van der Waals surface area contributed by atoms with Crippen molar-refractivity contribution in [1.29, 1.82) is 5.41 Å². The van der Waals surface area contributed by atoms with Gasteiger partial charge in [-0.1, -0.05) is 12.8 Å². The van der Waals surface area contributed by atoms with E-state index in [4.69, 9.17) is 15.1 Å². The van der Waals surface area contributed by atoms with Crippen molar-refractivity contribution in [2.45, 2.75) is 52.1 Å². The summed E-state index contributed by atoms with van der Waals surface area (Å²) in [5.74, 6) is 0.571. The second kappa shape index (κ2) is 11.8. The predicted molar refractivity (Wildman–Crippen MR) is 154 cm³/mol. The van der Waals surface area contributed by atoms with Crippen LogP contribution in [-0.4, -0.2) is 54.4 Å². The van der Waals surface area contributed by atoms with Gasteiger partial charge in [0.2, 0.25) is 0 Å². The number of carbonyl (C=O) groups excluding carboxylic acids is 1. The lowest BCUT2D eigenvalue weighted by atomic mass is 9.97. The van der Waals surface area contributed by atoms with Gasteiger partial charge in [0.1, 0.15) is 5.82 Å². The first-order chi connectivity index (χ1) is 18.9. The first-order valence-electron chi connectivity index (χ1n) is 13.6. The molecule has 0 radical (unpaired) electrons. The summed E-state index contributed by atoms with van der Waals surface area (Å²) < 4.78 is 5.45. The van der Waals surface area contributed by atoms with Gasteiger partial charge >= 0.3 is 0 Å². The minimum atomic E-state index is -0.331. The third-order valence-electron chi connectivity index (χ3n) is 7.62. The molecule has 0 unspecified atom stereocenters. The van der Waals surface area contributed by atoms with E-state index in [1.165, 1.54) is 19.1 Å². The molecule has 3 aromatic rings. The van der Waals surface area contributed by atoms with Crippen molar-refractivity contribution in [1.82, 2.24) is 15.3 Å². The normalized spacial score (nSPS) is 15.8. The maximum absolute atomic E-state index is 13.5. The topological polar surface area (TPSA) is 123 Å². The van der Waals surface area contributed by atoms with E-state index >= 15 is 0 Å². The van der Waals surface area contributed by atoms with Crippen LogP contribution < -0.4 is 21.1 Å². The number of rotatable bonds is 8. The first kappa shape index (κ1) is 26.6. The molecule has 1 saturated carbocycles. The molecular weight excluding hydrogens is 492 g/mol. The molecule has 1 aliphatic carbocycles. The molecular formula is C30H36N6O3. The zero-order valence-electron chi connectivity index (χ0n) is 22.6. The van der Waals surface area contributed by atoms with Crippen molar-refractivity contribution in [3.8, 4) is 11.1 Å². The molecule has 9 nitrogen and oxygen atoms in total. The highest BCUT2D eigenvalue weighted by atomic mass is 16.5. The summed E-state index contributed by atoms with van der Waals surface area (Å²) in [6.45, 7) is 6.80. The molecule has 4 N–H and O–H groups in total. The van der Waals surface area contributed by atoms with E-state index in [9.17, 15) is 9.59 Å². The van der Waals surface area contributed by atoms with Crippen molar-refractivity contribution in [3.05, 3.63) is 74.8 Å². The van der Waals surface area contributed by atoms with Gasteiger partial charge in [-0.25, -0.2) is 4.98 Å². The summed E-state index contributed by atoms with van der Waals surface area (Å²) in [5.41, 5.74) is 5.35. The molecule has 39 heavy (non-hydrogen) atoms. The standard InChI is InChI=1S/C30H36N6O3/c1-19-13-20(2)34-30(38)26(19)18-33-29(37)24-14-22(15-27(25(24)16-31)35-23-5-3-4-6-23)21-7-8-28(32-17-21)36-9-11-39-12-10-36/h7-8,13-17,23,31,35H,3-6,9-12,18H2,1-2H3,(H,33,37)(H,34,38). The van der Waals surface area contributed by atoms with Crippen molar-refractivity contribution in [2.75, 3.05) is 36.5 Å². The fourth-order valence-electron chi connectivity index (χ4n) is 5.47. The van der Waals surface area contributed by atoms with Crippen LogP contribution >= 0.6 is 0 Å². The molecule has 1 aliphatic heterocycles. The molecule has 2 fully saturated rings. The Labute approximate surface area is 228 Å². The van der Waals surface area contributed by atoms with Crippen LogP contribution in [0.5, 0.6) is 0 Å². The number of aromatic amines is 1. The first-order valence-corrected chi connectivity index (χ1v) is 13.6. The summed E-state index contributed by atoms with van der Waals surface area (Å²) in [5, 5.41) is 14.7. The number of ether oxygens (including phenoxy) is 1. The number of aryl methyl sites for hydroxylation is 2. The quantitative estimate of drug-likeness (QED) is 0.326. The Morgan fingerprint density at radius 1 is 1.15 bits per heavy atom. The Bertz CT molecular complexity index is 1400. The number of H-pyrrole nitrogens is 1. The molecule has 204 valence electrons. The van der Waals surface area contributed by atoms with E-state index in [-0.39, 0.29) is 18.0 Å². The summed E-state index contributed by atoms with van der Waals surface area (Å²) in [7, 11) is 0. The summed E-state index contributed by atoms with van der Waals surface area (Å²) in [6, 6.07) is 10.0. The molecule has 3 heterocycles. The average molecular weight is 529 g/mol. The second-order valence-corrected chi connectivity index (χ2v) is 10.4. The van der Waals surface area contributed by atoms with Crippen LogP contribution in [0.4, 0.5) is 11.5 Å². The molecule has 9 heteroatoms. The number of hydrogen-bond donors (Lipinski definition) is 4. The van der Waals surface area contributed by atoms with E-state index < -0.39 is 0 Å². The summed E-state index contributed by atoms with van der Waals surface area (Å²) in [4.78, 5) is 35.7. The number of amides is 1. The number of aromatic nitrogens is 2. The van der Waals surface area contributed by atoms with Gasteiger partial charge in [-0.15, -0.1) is 0 Å². The SMILES string of the molecule is Cc1cc(C)c(CNC(=O)c2cc(-c3ccc(N4CCOCC4)nc3)cc(NC3CCCC3)c2C=N)c(=O)[nH]1. The lowest BCUT2D eigenvalue weighted by Crippen LogP contribution is -2.36. The van der Waals surface area contributed by atoms with E-state index in [0.29, 0.717) is 35.9 Å². The zero-order chi connectivity index (χ0) is 27.4. The minimum absolute atomic E-state index is 0.100. The predicted octanol–water partition coefficient (Wildman–Crippen LogP) is 4.17. The fraction of sp³-hybridized carbons (Fsp3) is 0.400. The molecule has 5 rings (SSSR count). The van der Waals surface area contributed by atoms with E-state index in [0.717, 1.165) is 59.8 Å². The number of nitrogens with one attached hydrogen (secondary N) is 4. The highest BCUT2D eigenvalue weighted by Gasteiger charge is 2.21. The molecule has 0 bridgehead atoms. The van der Waals surface area contributed by atoms with Crippen molar-refractivity contribution >= 4 is 23.6 Å². The van der Waals surface area contributed by atoms with Crippen LogP contribution in [0.2, 0.25) is 0 Å². The number of anilines is 2. The molecule has 0 atom stereocenters. The third-order valence-corrected chi connectivity index (χ3v) is 7.62. The van der Waals surface area contributed by atoms with E-state index in [1.54, 1.807) is 0 Å². The van der Waals surface area contributed by atoms with E-state index in [2.05, 4.69) is 20.5 Å². The van der Waals surface area contributed by atoms with Gasteiger partial charge in [0.05, 0.1) is 18.8 Å². The molecule has 2 aliphatic rings. The highest BCUT2D eigenvalue weighted by Crippen LogP contribution is 2.32. The fourth-order valence-corrected chi connectivity index (χ4v) is 5.47. The number of carbonyl (C=O) groups is 1. The number of benzene rings is 1. The van der Waals surface area contributed by atoms with Crippen LogP contribution in [0, 0.1) is 19.3 Å². The van der Waals surface area contributed by atoms with Gasteiger partial charge in [0.15, 0.2) is 0 Å². The number of pyridine rings is 2. The zero-order valence-corrected chi connectivity index (χ0v) is 22.6. The summed E-state index contributed by atoms with van der Waals surface area (Å²) >= 11 is 0. The van der Waals surface area contributed by atoms with Gasteiger partial charge in [0.25, 0.3) is 11.5 Å². The molecule has 1 amide bonds. The molecule has 2 aromatic heterocycles. The van der Waals surface area contributed by atoms with Crippen molar-refractivity contribution in [2.24, 2.45) is 0 Å². The van der Waals surface area contributed by atoms with Gasteiger partial charge < -0.3 is 30.7 Å². The van der Waals surface area contributed by atoms with Gasteiger partial charge in [-0.05, 0) is 68.1 Å². The van der Waals surface area contributed by atoms with Crippen LogP contribution in [-0.2, 0) is 11.3 Å². The van der Waals surface area contributed by atoms with Gasteiger partial charge in [-0.3, -0.25) is 9.59 Å². The Morgan fingerprint density at radius 2 is 1.92 bits per heavy atom. The Morgan fingerprint density at radius 3 is 2.59 bits per heavy atom. The van der Waals surface area contributed by atoms with Crippen molar-refractivity contribution in [3.63, 3.8) is 0 Å². The molecule has 1 saturated heterocycles. The van der Waals surface area contributed by atoms with Crippen LogP contribution in [0.3, 0.4) is 0 Å². The lowest BCUT2D eigenvalue weighted by molar-refractivity contribution is 0.0950.